The molecule has 0 atom stereocenters. The Hall–Kier alpha value is -4.00. The lowest BCUT2D eigenvalue weighted by atomic mass is 10.2. The quantitative estimate of drug-likeness (QED) is 0.586. The molecule has 2 amide bonds. The van der Waals surface area contributed by atoms with Crippen LogP contribution >= 0.6 is 0 Å². The first-order chi connectivity index (χ1) is 13.1. The molecular weight excluding hydrogens is 342 g/mol. The van der Waals surface area contributed by atoms with Crippen LogP contribution in [0.15, 0.2) is 72.9 Å². The van der Waals surface area contributed by atoms with Gasteiger partial charge in [-0.2, -0.15) is 5.10 Å². The SMILES string of the molecule is NC(=O)c1ccn(-c2ccccc2NC(=O)c2ccc3ccccc3n2)n1. The maximum atomic E-state index is 12.7. The Kier molecular flexibility index (Phi) is 4.10. The van der Waals surface area contributed by atoms with Crippen LogP contribution in [0.2, 0.25) is 0 Å². The van der Waals surface area contributed by atoms with E-state index in [2.05, 4.69) is 15.4 Å². The Morgan fingerprint density at radius 1 is 0.889 bits per heavy atom. The summed E-state index contributed by atoms with van der Waals surface area (Å²) in [6, 6.07) is 19.8. The van der Waals surface area contributed by atoms with Crippen molar-refractivity contribution in [2.45, 2.75) is 0 Å². The number of amides is 2. The molecule has 27 heavy (non-hydrogen) atoms. The Morgan fingerprint density at radius 3 is 2.48 bits per heavy atom. The van der Waals surface area contributed by atoms with Crippen LogP contribution in [0.1, 0.15) is 21.0 Å². The molecule has 4 rings (SSSR count). The lowest BCUT2D eigenvalue weighted by Crippen LogP contribution is -2.16. The van der Waals surface area contributed by atoms with Gasteiger partial charge in [-0.25, -0.2) is 9.67 Å². The highest BCUT2D eigenvalue weighted by Gasteiger charge is 2.13. The van der Waals surface area contributed by atoms with Crippen LogP contribution in [0.3, 0.4) is 0 Å². The Balaban J connectivity index is 1.65. The monoisotopic (exact) mass is 357 g/mol. The molecule has 2 aromatic carbocycles. The summed E-state index contributed by atoms with van der Waals surface area (Å²) >= 11 is 0. The summed E-state index contributed by atoms with van der Waals surface area (Å²) in [5.74, 6) is -0.953. The Morgan fingerprint density at radius 2 is 1.67 bits per heavy atom. The second-order valence-corrected chi connectivity index (χ2v) is 5.87. The third-order valence-corrected chi connectivity index (χ3v) is 4.07. The number of hydrogen-bond donors (Lipinski definition) is 2. The number of fused-ring (bicyclic) bond motifs is 1. The average molecular weight is 357 g/mol. The average Bonchev–Trinajstić information content (AvgIpc) is 3.18. The van der Waals surface area contributed by atoms with E-state index in [0.717, 1.165) is 10.9 Å². The van der Waals surface area contributed by atoms with E-state index >= 15 is 0 Å². The predicted octanol–water partition coefficient (Wildman–Crippen LogP) is 2.77. The third-order valence-electron chi connectivity index (χ3n) is 4.07. The number of benzene rings is 2. The molecule has 0 aliphatic heterocycles. The van der Waals surface area contributed by atoms with Crippen molar-refractivity contribution in [2.24, 2.45) is 5.73 Å². The first-order valence-electron chi connectivity index (χ1n) is 8.24. The third kappa shape index (κ3) is 3.25. The number of nitrogens with one attached hydrogen (secondary N) is 1. The van der Waals surface area contributed by atoms with Crippen LogP contribution in [-0.2, 0) is 0 Å². The van der Waals surface area contributed by atoms with Gasteiger partial charge in [0.05, 0.1) is 16.9 Å². The van der Waals surface area contributed by atoms with Crippen molar-refractivity contribution in [3.8, 4) is 5.69 Å². The number of carbonyl (C=O) groups excluding carboxylic acids is 2. The maximum Gasteiger partial charge on any atom is 0.274 e. The van der Waals surface area contributed by atoms with Crippen molar-refractivity contribution in [1.29, 1.82) is 0 Å². The van der Waals surface area contributed by atoms with E-state index in [9.17, 15) is 9.59 Å². The summed E-state index contributed by atoms with van der Waals surface area (Å²) < 4.78 is 1.49. The molecular formula is C20H15N5O2. The topological polar surface area (TPSA) is 103 Å². The molecule has 0 radical (unpaired) electrons. The fraction of sp³-hybridized carbons (Fsp3) is 0. The molecule has 2 aromatic heterocycles. The van der Waals surface area contributed by atoms with Gasteiger partial charge in [-0.3, -0.25) is 9.59 Å². The van der Waals surface area contributed by atoms with Crippen molar-refractivity contribution in [3.05, 3.63) is 84.3 Å². The van der Waals surface area contributed by atoms with Crippen LogP contribution < -0.4 is 11.1 Å². The molecule has 0 aliphatic carbocycles. The molecule has 0 bridgehead atoms. The van der Waals surface area contributed by atoms with Gasteiger partial charge in [0.25, 0.3) is 11.8 Å². The van der Waals surface area contributed by atoms with Gasteiger partial charge in [-0.15, -0.1) is 0 Å². The van der Waals surface area contributed by atoms with Gasteiger partial charge >= 0.3 is 0 Å². The molecule has 0 fully saturated rings. The highest BCUT2D eigenvalue weighted by molar-refractivity contribution is 6.05. The zero-order valence-corrected chi connectivity index (χ0v) is 14.2. The maximum absolute atomic E-state index is 12.7. The van der Waals surface area contributed by atoms with Gasteiger partial charge in [-0.05, 0) is 30.3 Å². The molecule has 132 valence electrons. The smallest absolute Gasteiger partial charge is 0.274 e. The summed E-state index contributed by atoms with van der Waals surface area (Å²) in [5.41, 5.74) is 7.60. The first kappa shape index (κ1) is 16.5. The zero-order chi connectivity index (χ0) is 18.8. The second-order valence-electron chi connectivity index (χ2n) is 5.87. The fourth-order valence-corrected chi connectivity index (χ4v) is 2.75. The number of primary amides is 1. The van der Waals surface area contributed by atoms with Crippen LogP contribution in [0.25, 0.3) is 16.6 Å². The van der Waals surface area contributed by atoms with E-state index in [4.69, 9.17) is 5.73 Å². The fourth-order valence-electron chi connectivity index (χ4n) is 2.75. The lowest BCUT2D eigenvalue weighted by Gasteiger charge is -2.11. The predicted molar refractivity (Wildman–Crippen MR) is 102 cm³/mol. The van der Waals surface area contributed by atoms with Gasteiger partial charge in [0.15, 0.2) is 0 Å². The number of carbonyl (C=O) groups is 2. The molecule has 0 saturated carbocycles. The lowest BCUT2D eigenvalue weighted by molar-refractivity contribution is 0.0992. The van der Waals surface area contributed by atoms with Gasteiger partial charge < -0.3 is 11.1 Å². The number of anilines is 1. The number of pyridine rings is 1. The number of nitrogens with zero attached hydrogens (tertiary/aromatic N) is 3. The van der Waals surface area contributed by atoms with Crippen molar-refractivity contribution < 1.29 is 9.59 Å². The van der Waals surface area contributed by atoms with E-state index in [1.165, 1.54) is 10.7 Å². The highest BCUT2D eigenvalue weighted by Crippen LogP contribution is 2.21. The number of rotatable bonds is 4. The van der Waals surface area contributed by atoms with Crippen LogP contribution in [-0.4, -0.2) is 26.6 Å². The molecule has 0 unspecified atom stereocenters. The molecule has 2 heterocycles. The van der Waals surface area contributed by atoms with Crippen molar-refractivity contribution in [3.63, 3.8) is 0 Å². The van der Waals surface area contributed by atoms with Gasteiger partial charge in [0.1, 0.15) is 11.4 Å². The summed E-state index contributed by atoms with van der Waals surface area (Å²) in [6.07, 6.45) is 1.61. The number of hydrogen-bond acceptors (Lipinski definition) is 4. The summed E-state index contributed by atoms with van der Waals surface area (Å²) in [4.78, 5) is 28.4. The van der Waals surface area contributed by atoms with Gasteiger partial charge in [-0.1, -0.05) is 36.4 Å². The van der Waals surface area contributed by atoms with Crippen molar-refractivity contribution >= 4 is 28.4 Å². The number of aromatic nitrogens is 3. The molecule has 4 aromatic rings. The zero-order valence-electron chi connectivity index (χ0n) is 14.2. The van der Waals surface area contributed by atoms with Crippen molar-refractivity contribution in [1.82, 2.24) is 14.8 Å². The standard InChI is InChI=1S/C20H15N5O2/c21-19(26)16-11-12-25(24-16)18-8-4-3-7-15(18)23-20(27)17-10-9-13-5-1-2-6-14(13)22-17/h1-12H,(H2,21,26)(H,23,27). The molecule has 0 saturated heterocycles. The van der Waals surface area contributed by atoms with E-state index in [-0.39, 0.29) is 11.6 Å². The van der Waals surface area contributed by atoms with E-state index in [0.29, 0.717) is 17.1 Å². The van der Waals surface area contributed by atoms with Gasteiger partial charge in [0, 0.05) is 11.6 Å². The second kappa shape index (κ2) is 6.72. The van der Waals surface area contributed by atoms with E-state index < -0.39 is 5.91 Å². The van der Waals surface area contributed by atoms with Crippen LogP contribution in [0, 0.1) is 0 Å². The van der Waals surface area contributed by atoms with Gasteiger partial charge in [0.2, 0.25) is 0 Å². The molecule has 7 heteroatoms. The van der Waals surface area contributed by atoms with Crippen LogP contribution in [0.4, 0.5) is 5.69 Å². The minimum absolute atomic E-state index is 0.146. The molecule has 7 nitrogen and oxygen atoms in total. The summed E-state index contributed by atoms with van der Waals surface area (Å²) in [6.45, 7) is 0. The Bertz CT molecular complexity index is 1170. The molecule has 0 spiro atoms. The highest BCUT2D eigenvalue weighted by atomic mass is 16.2. The normalized spacial score (nSPS) is 10.7. The van der Waals surface area contributed by atoms with E-state index in [1.54, 1.807) is 30.5 Å². The largest absolute Gasteiger partial charge is 0.364 e. The molecule has 3 N–H and O–H groups in total. The first-order valence-corrected chi connectivity index (χ1v) is 8.24. The van der Waals surface area contributed by atoms with Crippen LogP contribution in [0.5, 0.6) is 0 Å². The van der Waals surface area contributed by atoms with E-state index in [1.807, 2.05) is 36.4 Å². The Labute approximate surface area is 154 Å². The minimum Gasteiger partial charge on any atom is -0.364 e. The number of para-hydroxylation sites is 3. The van der Waals surface area contributed by atoms with Crippen molar-refractivity contribution in [2.75, 3.05) is 5.32 Å². The molecule has 0 aliphatic rings. The summed E-state index contributed by atoms with van der Waals surface area (Å²) in [7, 11) is 0. The number of nitrogens with two attached hydrogens (primary N) is 1. The summed E-state index contributed by atoms with van der Waals surface area (Å²) in [5, 5.41) is 7.95. The minimum atomic E-state index is -0.615.